The Morgan fingerprint density at radius 1 is 1.00 bits per heavy atom. The number of aryl methyl sites for hydroxylation is 3. The molecule has 0 atom stereocenters. The van der Waals surface area contributed by atoms with Crippen LogP contribution in [0, 0.1) is 26.7 Å². The molecule has 0 aromatic heterocycles. The minimum absolute atomic E-state index is 0.0376. The number of ether oxygens (including phenoxy) is 1. The standard InChI is InChI=1S/C23H30N2O4S/c1-16-6-7-20(14-17(16)2)24(4)23(26)19-10-12-25(13-11-19)30(27,28)21-8-9-22(29-5)18(3)15-21/h6-9,14-15,19H,10-13H2,1-5H3. The van der Waals surface area contributed by atoms with Gasteiger partial charge in [-0.3, -0.25) is 4.79 Å². The van der Waals surface area contributed by atoms with E-state index < -0.39 is 10.0 Å². The molecule has 2 aromatic rings. The number of methoxy groups -OCH3 is 1. The van der Waals surface area contributed by atoms with Crippen molar-refractivity contribution in [3.63, 3.8) is 0 Å². The van der Waals surface area contributed by atoms with E-state index in [2.05, 4.69) is 0 Å². The van der Waals surface area contributed by atoms with Crippen molar-refractivity contribution in [2.75, 3.05) is 32.1 Å². The molecule has 0 radical (unpaired) electrons. The Morgan fingerprint density at radius 3 is 2.23 bits per heavy atom. The number of carbonyl (C=O) groups excluding carboxylic acids is 1. The Kier molecular flexibility index (Phi) is 6.53. The van der Waals surface area contributed by atoms with Gasteiger partial charge in [0.05, 0.1) is 12.0 Å². The predicted molar refractivity (Wildman–Crippen MR) is 119 cm³/mol. The van der Waals surface area contributed by atoms with Gasteiger partial charge >= 0.3 is 0 Å². The number of sulfonamides is 1. The van der Waals surface area contributed by atoms with Crippen LogP contribution in [0.25, 0.3) is 0 Å². The highest BCUT2D eigenvalue weighted by Crippen LogP contribution is 2.29. The molecule has 0 aliphatic carbocycles. The second-order valence-electron chi connectivity index (χ2n) is 7.98. The summed E-state index contributed by atoms with van der Waals surface area (Å²) in [6.45, 7) is 6.57. The van der Waals surface area contributed by atoms with E-state index in [1.165, 1.54) is 9.87 Å². The number of nitrogens with zero attached hydrogens (tertiary/aromatic N) is 2. The minimum Gasteiger partial charge on any atom is -0.496 e. The molecule has 6 nitrogen and oxygen atoms in total. The molecule has 1 fully saturated rings. The van der Waals surface area contributed by atoms with Crippen LogP contribution in [0.5, 0.6) is 5.75 Å². The van der Waals surface area contributed by atoms with Crippen molar-refractivity contribution in [3.05, 3.63) is 53.1 Å². The SMILES string of the molecule is COc1ccc(S(=O)(=O)N2CCC(C(=O)N(C)c3ccc(C)c(C)c3)CC2)cc1C. The van der Waals surface area contributed by atoms with Gasteiger partial charge in [0.2, 0.25) is 15.9 Å². The number of rotatable bonds is 5. The summed E-state index contributed by atoms with van der Waals surface area (Å²) in [5, 5.41) is 0. The lowest BCUT2D eigenvalue weighted by Gasteiger charge is -2.32. The summed E-state index contributed by atoms with van der Waals surface area (Å²) in [4.78, 5) is 14.9. The topological polar surface area (TPSA) is 66.9 Å². The van der Waals surface area contributed by atoms with E-state index in [9.17, 15) is 13.2 Å². The summed E-state index contributed by atoms with van der Waals surface area (Å²) in [7, 11) is -0.238. The van der Waals surface area contributed by atoms with Crippen LogP contribution in [-0.2, 0) is 14.8 Å². The largest absolute Gasteiger partial charge is 0.496 e. The number of hydrogen-bond donors (Lipinski definition) is 0. The molecule has 162 valence electrons. The molecule has 0 unspecified atom stereocenters. The lowest BCUT2D eigenvalue weighted by Crippen LogP contribution is -2.43. The molecule has 30 heavy (non-hydrogen) atoms. The predicted octanol–water partition coefficient (Wildman–Crippen LogP) is 3.68. The third-order valence-electron chi connectivity index (χ3n) is 6.02. The number of piperidine rings is 1. The first-order valence-electron chi connectivity index (χ1n) is 10.1. The van der Waals surface area contributed by atoms with Gasteiger partial charge in [0, 0.05) is 31.7 Å². The van der Waals surface area contributed by atoms with E-state index >= 15 is 0 Å². The molecular weight excluding hydrogens is 400 g/mol. The zero-order valence-electron chi connectivity index (χ0n) is 18.3. The van der Waals surface area contributed by atoms with Crippen molar-refractivity contribution in [3.8, 4) is 5.75 Å². The summed E-state index contributed by atoms with van der Waals surface area (Å²) >= 11 is 0. The van der Waals surface area contributed by atoms with Gasteiger partial charge in [-0.1, -0.05) is 6.07 Å². The Hall–Kier alpha value is -2.38. The van der Waals surface area contributed by atoms with Crippen LogP contribution in [0.1, 0.15) is 29.5 Å². The number of anilines is 1. The molecule has 7 heteroatoms. The van der Waals surface area contributed by atoms with Crippen LogP contribution in [0.4, 0.5) is 5.69 Å². The maximum atomic E-state index is 13.0. The Balaban J connectivity index is 1.68. The third kappa shape index (κ3) is 4.37. The Bertz CT molecular complexity index is 1040. The maximum absolute atomic E-state index is 13.0. The van der Waals surface area contributed by atoms with Crippen molar-refractivity contribution in [2.24, 2.45) is 5.92 Å². The quantitative estimate of drug-likeness (QED) is 0.726. The summed E-state index contributed by atoms with van der Waals surface area (Å²) < 4.78 is 32.8. The maximum Gasteiger partial charge on any atom is 0.243 e. The van der Waals surface area contributed by atoms with Crippen molar-refractivity contribution >= 4 is 21.6 Å². The van der Waals surface area contributed by atoms with Gasteiger partial charge in [0.25, 0.3) is 0 Å². The van der Waals surface area contributed by atoms with Crippen LogP contribution in [0.3, 0.4) is 0 Å². The summed E-state index contributed by atoms with van der Waals surface area (Å²) in [5.74, 6) is 0.517. The molecule has 0 saturated carbocycles. The fourth-order valence-corrected chi connectivity index (χ4v) is 5.39. The molecule has 0 N–H and O–H groups in total. The van der Waals surface area contributed by atoms with E-state index in [4.69, 9.17) is 4.74 Å². The molecule has 1 aliphatic rings. The lowest BCUT2D eigenvalue weighted by atomic mass is 9.96. The van der Waals surface area contributed by atoms with Gasteiger partial charge < -0.3 is 9.64 Å². The second kappa shape index (κ2) is 8.78. The van der Waals surface area contributed by atoms with Crippen LogP contribution >= 0.6 is 0 Å². The first-order valence-corrected chi connectivity index (χ1v) is 11.6. The highest BCUT2D eigenvalue weighted by atomic mass is 32.2. The zero-order valence-corrected chi connectivity index (χ0v) is 19.1. The molecule has 0 bridgehead atoms. The fraction of sp³-hybridized carbons (Fsp3) is 0.435. The van der Waals surface area contributed by atoms with E-state index in [0.717, 1.165) is 16.8 Å². The number of benzene rings is 2. The average molecular weight is 431 g/mol. The zero-order chi connectivity index (χ0) is 22.1. The van der Waals surface area contributed by atoms with E-state index in [0.29, 0.717) is 31.7 Å². The molecular formula is C23H30N2O4S. The van der Waals surface area contributed by atoms with E-state index in [1.54, 1.807) is 37.3 Å². The molecule has 1 heterocycles. The number of carbonyl (C=O) groups is 1. The van der Waals surface area contributed by atoms with Gasteiger partial charge in [-0.15, -0.1) is 0 Å². The Morgan fingerprint density at radius 2 is 1.67 bits per heavy atom. The molecule has 2 aromatic carbocycles. The summed E-state index contributed by atoms with van der Waals surface area (Å²) in [6, 6.07) is 10.9. The van der Waals surface area contributed by atoms with Crippen LogP contribution < -0.4 is 9.64 Å². The monoisotopic (exact) mass is 430 g/mol. The molecule has 1 aliphatic heterocycles. The van der Waals surface area contributed by atoms with Crippen molar-refractivity contribution in [2.45, 2.75) is 38.5 Å². The minimum atomic E-state index is -3.59. The number of hydrogen-bond acceptors (Lipinski definition) is 4. The molecule has 1 amide bonds. The molecule has 1 saturated heterocycles. The van der Waals surface area contributed by atoms with Crippen LogP contribution in [-0.4, -0.2) is 45.9 Å². The van der Waals surface area contributed by atoms with E-state index in [-0.39, 0.29) is 16.7 Å². The highest BCUT2D eigenvalue weighted by Gasteiger charge is 2.33. The summed E-state index contributed by atoms with van der Waals surface area (Å²) in [5.41, 5.74) is 3.97. The first-order chi connectivity index (χ1) is 14.1. The van der Waals surface area contributed by atoms with Gasteiger partial charge in [-0.2, -0.15) is 4.31 Å². The summed E-state index contributed by atoms with van der Waals surface area (Å²) in [6.07, 6.45) is 1.03. The van der Waals surface area contributed by atoms with Crippen molar-refractivity contribution in [1.29, 1.82) is 0 Å². The third-order valence-corrected chi connectivity index (χ3v) is 7.91. The van der Waals surface area contributed by atoms with Crippen LogP contribution in [0.2, 0.25) is 0 Å². The fourth-order valence-electron chi connectivity index (χ4n) is 3.84. The van der Waals surface area contributed by atoms with Gasteiger partial charge in [-0.05, 0) is 80.6 Å². The van der Waals surface area contributed by atoms with Crippen molar-refractivity contribution in [1.82, 2.24) is 4.31 Å². The smallest absolute Gasteiger partial charge is 0.243 e. The van der Waals surface area contributed by atoms with Crippen molar-refractivity contribution < 1.29 is 17.9 Å². The first kappa shape index (κ1) is 22.3. The highest BCUT2D eigenvalue weighted by molar-refractivity contribution is 7.89. The lowest BCUT2D eigenvalue weighted by molar-refractivity contribution is -0.123. The average Bonchev–Trinajstić information content (AvgIpc) is 2.74. The van der Waals surface area contributed by atoms with Crippen LogP contribution in [0.15, 0.2) is 41.3 Å². The van der Waals surface area contributed by atoms with E-state index in [1.807, 2.05) is 39.0 Å². The second-order valence-corrected chi connectivity index (χ2v) is 9.91. The Labute approximate surface area is 179 Å². The normalized spacial score (nSPS) is 15.8. The van der Waals surface area contributed by atoms with Gasteiger partial charge in [0.1, 0.15) is 5.75 Å². The number of amides is 1. The van der Waals surface area contributed by atoms with Gasteiger partial charge in [-0.25, -0.2) is 8.42 Å². The molecule has 3 rings (SSSR count). The molecule has 0 spiro atoms. The van der Waals surface area contributed by atoms with Gasteiger partial charge in [0.15, 0.2) is 0 Å².